The van der Waals surface area contributed by atoms with E-state index in [1.54, 1.807) is 18.6 Å². The highest BCUT2D eigenvalue weighted by molar-refractivity contribution is 5.95. The van der Waals surface area contributed by atoms with Crippen LogP contribution < -0.4 is 0 Å². The molecule has 0 radical (unpaired) electrons. The van der Waals surface area contributed by atoms with Crippen molar-refractivity contribution in [2.45, 2.75) is 51.9 Å². The van der Waals surface area contributed by atoms with Gasteiger partial charge in [0.1, 0.15) is 5.56 Å². The molecule has 0 atom stereocenters. The van der Waals surface area contributed by atoms with Gasteiger partial charge in [-0.25, -0.2) is 4.79 Å². The van der Waals surface area contributed by atoms with E-state index < -0.39 is 0 Å². The van der Waals surface area contributed by atoms with E-state index in [1.807, 2.05) is 32.0 Å². The fourth-order valence-electron chi connectivity index (χ4n) is 3.99. The fraction of sp³-hybridized carbons (Fsp3) is 0.440. The van der Waals surface area contributed by atoms with E-state index >= 15 is 0 Å². The Morgan fingerprint density at radius 2 is 2.03 bits per heavy atom. The van der Waals surface area contributed by atoms with Gasteiger partial charge < -0.3 is 18.7 Å². The Labute approximate surface area is 178 Å². The van der Waals surface area contributed by atoms with Crippen LogP contribution in [-0.4, -0.2) is 30.4 Å². The number of ether oxygens (including phenoxy) is 2. The Morgan fingerprint density at radius 3 is 2.67 bits per heavy atom. The number of benzene rings is 1. The first-order valence-corrected chi connectivity index (χ1v) is 10.6. The van der Waals surface area contributed by atoms with E-state index in [0.717, 1.165) is 35.1 Å². The molecule has 0 unspecified atom stereocenters. The van der Waals surface area contributed by atoms with Crippen LogP contribution >= 0.6 is 0 Å². The molecule has 3 rings (SSSR count). The highest BCUT2D eigenvalue weighted by Gasteiger charge is 2.25. The summed E-state index contributed by atoms with van der Waals surface area (Å²) in [7, 11) is 1.44. The van der Waals surface area contributed by atoms with Crippen molar-refractivity contribution >= 4 is 18.0 Å². The quantitative estimate of drug-likeness (QED) is 0.333. The first-order chi connectivity index (χ1) is 14.5. The number of carbonyl (C=O) groups excluding carboxylic acids is 2. The minimum absolute atomic E-state index is 0.136. The number of rotatable bonds is 7. The number of hydrogen-bond donors (Lipinski definition) is 0. The third-order valence-electron chi connectivity index (χ3n) is 5.45. The zero-order valence-corrected chi connectivity index (χ0v) is 18.0. The summed E-state index contributed by atoms with van der Waals surface area (Å²) in [6.45, 7) is 4.37. The van der Waals surface area contributed by atoms with Crippen molar-refractivity contribution in [1.29, 1.82) is 0 Å². The lowest BCUT2D eigenvalue weighted by Gasteiger charge is -2.25. The Morgan fingerprint density at radius 1 is 1.27 bits per heavy atom. The van der Waals surface area contributed by atoms with Gasteiger partial charge in [0.2, 0.25) is 0 Å². The number of carbonyl (C=O) groups is 1. The van der Waals surface area contributed by atoms with Gasteiger partial charge in [0.25, 0.3) is 0 Å². The van der Waals surface area contributed by atoms with Gasteiger partial charge in [0.05, 0.1) is 19.1 Å². The van der Waals surface area contributed by atoms with Crippen LogP contribution in [0.2, 0.25) is 0 Å². The summed E-state index contributed by atoms with van der Waals surface area (Å²) >= 11 is 0. The number of esters is 2. The second-order valence-electron chi connectivity index (χ2n) is 8.24. The molecule has 1 saturated carbocycles. The van der Waals surface area contributed by atoms with Crippen molar-refractivity contribution < 1.29 is 23.5 Å². The third kappa shape index (κ3) is 5.41. The van der Waals surface area contributed by atoms with E-state index in [0.29, 0.717) is 18.1 Å². The molecule has 0 saturated heterocycles. The van der Waals surface area contributed by atoms with Crippen LogP contribution in [-0.2, 0) is 14.3 Å². The first-order valence-electron chi connectivity index (χ1n) is 10.6. The Kier molecular flexibility index (Phi) is 7.50. The predicted molar refractivity (Wildman–Crippen MR) is 118 cm³/mol. The molecule has 1 N–H and O–H groups in total. The molecule has 160 valence electrons. The van der Waals surface area contributed by atoms with Crippen molar-refractivity contribution in [2.24, 2.45) is 5.92 Å². The first kappa shape index (κ1) is 21.9. The van der Waals surface area contributed by atoms with Crippen LogP contribution in [0.5, 0.6) is 0 Å². The summed E-state index contributed by atoms with van der Waals surface area (Å²) in [5, 5.41) is 0. The van der Waals surface area contributed by atoms with Gasteiger partial charge in [0.15, 0.2) is 7.11 Å². The van der Waals surface area contributed by atoms with E-state index in [-0.39, 0.29) is 17.9 Å². The van der Waals surface area contributed by atoms with Crippen molar-refractivity contribution in [3.05, 3.63) is 53.5 Å². The largest absolute Gasteiger partial charge is 0.517 e. The molecule has 2 aromatic rings. The van der Waals surface area contributed by atoms with Gasteiger partial charge in [-0.3, -0.25) is 0 Å². The molecule has 1 heterocycles. The molecule has 5 nitrogen and oxygen atoms in total. The Balaban J connectivity index is 2.07. The van der Waals surface area contributed by atoms with Crippen molar-refractivity contribution in [1.82, 2.24) is 0 Å². The number of methoxy groups -OCH3 is 1. The van der Waals surface area contributed by atoms with Crippen LogP contribution in [0.3, 0.4) is 0 Å². The average molecular weight is 412 g/mol. The lowest BCUT2D eigenvalue weighted by molar-refractivity contribution is -0.138. The zero-order chi connectivity index (χ0) is 21.5. The van der Waals surface area contributed by atoms with E-state index in [4.69, 9.17) is 13.9 Å². The molecule has 1 aliphatic rings. The van der Waals surface area contributed by atoms with Crippen molar-refractivity contribution in [3.8, 4) is 11.1 Å². The molecular formula is C25H31O5+. The maximum Gasteiger partial charge on any atom is 0.517 e. The highest BCUT2D eigenvalue weighted by Crippen LogP contribution is 2.41. The smallest absolute Gasteiger partial charge is 0.472 e. The molecule has 0 spiro atoms. The van der Waals surface area contributed by atoms with E-state index in [9.17, 15) is 9.59 Å². The molecular weight excluding hydrogens is 380 g/mol. The molecule has 0 aliphatic heterocycles. The Bertz CT molecular complexity index is 887. The van der Waals surface area contributed by atoms with Crippen LogP contribution in [0.1, 0.15) is 68.6 Å². The molecule has 0 amide bonds. The van der Waals surface area contributed by atoms with Gasteiger partial charge in [0, 0.05) is 11.6 Å². The summed E-state index contributed by atoms with van der Waals surface area (Å²) in [5.41, 5.74) is 4.54. The lowest BCUT2D eigenvalue weighted by atomic mass is 9.79. The van der Waals surface area contributed by atoms with Crippen LogP contribution in [0.4, 0.5) is 0 Å². The van der Waals surface area contributed by atoms with Gasteiger partial charge in [-0.1, -0.05) is 33.1 Å². The van der Waals surface area contributed by atoms with E-state index in [1.165, 1.54) is 32.4 Å². The maximum atomic E-state index is 12.2. The monoisotopic (exact) mass is 411 g/mol. The lowest BCUT2D eigenvalue weighted by Crippen LogP contribution is -2.11. The molecule has 1 aromatic heterocycles. The highest BCUT2D eigenvalue weighted by atomic mass is 16.5. The van der Waals surface area contributed by atoms with Crippen LogP contribution in [0.25, 0.3) is 17.2 Å². The zero-order valence-electron chi connectivity index (χ0n) is 18.0. The van der Waals surface area contributed by atoms with Gasteiger partial charge in [-0.15, -0.1) is 0 Å². The molecule has 5 heteroatoms. The van der Waals surface area contributed by atoms with Gasteiger partial charge in [-0.2, -0.15) is 0 Å². The van der Waals surface area contributed by atoms with Gasteiger partial charge >= 0.3 is 11.9 Å². The predicted octanol–water partition coefficient (Wildman–Crippen LogP) is 5.70. The fourth-order valence-corrected chi connectivity index (χ4v) is 3.99. The molecule has 1 aliphatic carbocycles. The molecule has 30 heavy (non-hydrogen) atoms. The molecule has 0 bridgehead atoms. The van der Waals surface area contributed by atoms with E-state index in [2.05, 4.69) is 0 Å². The summed E-state index contributed by atoms with van der Waals surface area (Å²) in [6, 6.07) is 5.76. The van der Waals surface area contributed by atoms with Gasteiger partial charge in [-0.05, 0) is 65.6 Å². The average Bonchev–Trinajstić information content (AvgIpc) is 3.30. The maximum absolute atomic E-state index is 12.2. The third-order valence-corrected chi connectivity index (χ3v) is 5.45. The minimum atomic E-state index is -0.383. The Hall–Kier alpha value is -2.82. The molecule has 1 aromatic carbocycles. The SMILES string of the molecule is COC(=[OH+])c1cc(/C=C/C(=O)OCC(C)C)c(-c2ccoc2)c(C2CCCCC2)c1. The normalized spacial score (nSPS) is 14.9. The minimum Gasteiger partial charge on any atom is -0.472 e. The summed E-state index contributed by atoms with van der Waals surface area (Å²) in [6.07, 6.45) is 12.4. The second-order valence-corrected chi connectivity index (χ2v) is 8.24. The number of hydrogen-bond acceptors (Lipinski definition) is 4. The second kappa shape index (κ2) is 10.3. The van der Waals surface area contributed by atoms with Crippen molar-refractivity contribution in [2.75, 3.05) is 13.7 Å². The van der Waals surface area contributed by atoms with Crippen molar-refractivity contribution in [3.63, 3.8) is 0 Å². The topological polar surface area (TPSA) is 70.1 Å². The molecule has 1 fully saturated rings. The standard InChI is InChI=1S/C25H30O5/c1-17(2)15-30-23(26)10-9-19-13-21(25(27)28-3)14-22(18-7-5-4-6-8-18)24(19)20-11-12-29-16-20/h9-14,16-18H,4-8,15H2,1-3H3/p+1/b10-9+. The number of furan rings is 1. The van der Waals surface area contributed by atoms with Crippen LogP contribution in [0.15, 0.2) is 41.2 Å². The summed E-state index contributed by atoms with van der Waals surface area (Å²) < 4.78 is 15.7. The summed E-state index contributed by atoms with van der Waals surface area (Å²) in [5.74, 6) is 0.140. The summed E-state index contributed by atoms with van der Waals surface area (Å²) in [4.78, 5) is 22.5. The van der Waals surface area contributed by atoms with Crippen LogP contribution in [0, 0.1) is 5.92 Å².